The molecule has 148 valence electrons. The molecule has 0 aliphatic rings. The van der Waals surface area contributed by atoms with Crippen molar-refractivity contribution in [3.63, 3.8) is 0 Å². The van der Waals surface area contributed by atoms with E-state index in [-0.39, 0.29) is 25.2 Å². The first-order valence-electron chi connectivity index (χ1n) is 9.15. The van der Waals surface area contributed by atoms with Gasteiger partial charge in [-0.2, -0.15) is 0 Å². The van der Waals surface area contributed by atoms with Gasteiger partial charge in [-0.05, 0) is 12.8 Å². The van der Waals surface area contributed by atoms with Crippen molar-refractivity contribution in [2.24, 2.45) is 0 Å². The molecule has 0 spiro atoms. The second-order valence-electron chi connectivity index (χ2n) is 5.66. The number of rotatable bonds is 18. The van der Waals surface area contributed by atoms with Crippen molar-refractivity contribution >= 4 is 11.9 Å². The Balaban J connectivity index is 3.26. The minimum Gasteiger partial charge on any atom is -0.464 e. The molecule has 0 bridgehead atoms. The fourth-order valence-corrected chi connectivity index (χ4v) is 2.10. The van der Waals surface area contributed by atoms with Crippen LogP contribution >= 0.6 is 0 Å². The van der Waals surface area contributed by atoms with Gasteiger partial charge in [0, 0.05) is 39.0 Å². The van der Waals surface area contributed by atoms with E-state index in [1.807, 2.05) is 0 Å². The monoisotopic (exact) mass is 362 g/mol. The molecule has 0 saturated heterocycles. The summed E-state index contributed by atoms with van der Waals surface area (Å²) in [4.78, 5) is 22.9. The molecule has 0 unspecified atom stereocenters. The smallest absolute Gasteiger partial charge is 0.305 e. The summed E-state index contributed by atoms with van der Waals surface area (Å²) in [6.07, 6.45) is 5.30. The Morgan fingerprint density at radius 3 is 1.44 bits per heavy atom. The molecular weight excluding hydrogens is 328 g/mol. The lowest BCUT2D eigenvalue weighted by atomic mass is 10.1. The van der Waals surface area contributed by atoms with Crippen molar-refractivity contribution in [3.8, 4) is 0 Å². The summed E-state index contributed by atoms with van der Waals surface area (Å²) in [5.74, 6) is -0.381. The number of carbonyl (C=O) groups is 2. The van der Waals surface area contributed by atoms with E-state index in [9.17, 15) is 9.59 Å². The van der Waals surface area contributed by atoms with Gasteiger partial charge in [0.2, 0.25) is 0 Å². The van der Waals surface area contributed by atoms with Crippen LogP contribution in [0.15, 0.2) is 0 Å². The molecule has 0 aromatic heterocycles. The number of esters is 2. The Bertz CT molecular complexity index is 298. The van der Waals surface area contributed by atoms with Crippen LogP contribution in [0.4, 0.5) is 0 Å². The molecular formula is C17H34N2O6. The third-order valence-electron chi connectivity index (χ3n) is 3.42. The lowest BCUT2D eigenvalue weighted by Crippen LogP contribution is -2.24. The second-order valence-corrected chi connectivity index (χ2v) is 5.66. The zero-order chi connectivity index (χ0) is 18.6. The van der Waals surface area contributed by atoms with Gasteiger partial charge in [0.1, 0.15) is 13.2 Å². The Morgan fingerprint density at radius 2 is 1.04 bits per heavy atom. The molecule has 0 saturated carbocycles. The fourth-order valence-electron chi connectivity index (χ4n) is 2.10. The van der Waals surface area contributed by atoms with Crippen molar-refractivity contribution in [2.45, 2.75) is 44.9 Å². The van der Waals surface area contributed by atoms with Crippen molar-refractivity contribution in [2.75, 3.05) is 52.6 Å². The molecule has 0 radical (unpaired) electrons. The summed E-state index contributed by atoms with van der Waals surface area (Å²) in [5, 5.41) is 23.0. The number of aliphatic hydroxyl groups excluding tert-OH is 2. The molecule has 0 atom stereocenters. The predicted molar refractivity (Wildman–Crippen MR) is 94.1 cm³/mol. The van der Waals surface area contributed by atoms with Crippen LogP contribution < -0.4 is 10.6 Å². The van der Waals surface area contributed by atoms with Crippen LogP contribution in [0.3, 0.4) is 0 Å². The maximum absolute atomic E-state index is 11.4. The third kappa shape index (κ3) is 19.0. The van der Waals surface area contributed by atoms with E-state index in [1.54, 1.807) is 0 Å². The molecule has 0 aromatic rings. The minimum absolute atomic E-state index is 0.0769. The highest BCUT2D eigenvalue weighted by atomic mass is 16.5. The van der Waals surface area contributed by atoms with Crippen LogP contribution in [0.5, 0.6) is 0 Å². The maximum Gasteiger partial charge on any atom is 0.305 e. The molecule has 0 aliphatic heterocycles. The van der Waals surface area contributed by atoms with E-state index in [0.29, 0.717) is 52.2 Å². The SMILES string of the molecule is O=C(CCCCCCCC(=O)OCCNCCO)OCCNCCO. The fraction of sp³-hybridized carbons (Fsp3) is 0.882. The van der Waals surface area contributed by atoms with Crippen LogP contribution in [-0.4, -0.2) is 74.8 Å². The average Bonchev–Trinajstić information content (AvgIpc) is 2.60. The summed E-state index contributed by atoms with van der Waals surface area (Å²) >= 11 is 0. The Hall–Kier alpha value is -1.22. The van der Waals surface area contributed by atoms with Crippen LogP contribution in [0, 0.1) is 0 Å². The van der Waals surface area contributed by atoms with Crippen molar-refractivity contribution in [3.05, 3.63) is 0 Å². The first-order chi connectivity index (χ1) is 12.2. The first-order valence-corrected chi connectivity index (χ1v) is 9.15. The van der Waals surface area contributed by atoms with E-state index in [1.165, 1.54) is 0 Å². The normalized spacial score (nSPS) is 10.6. The van der Waals surface area contributed by atoms with Gasteiger partial charge in [0.15, 0.2) is 0 Å². The summed E-state index contributed by atoms with van der Waals surface area (Å²) in [6, 6.07) is 0. The minimum atomic E-state index is -0.191. The number of unbranched alkanes of at least 4 members (excludes halogenated alkanes) is 4. The van der Waals surface area contributed by atoms with Crippen LogP contribution in [0.1, 0.15) is 44.9 Å². The molecule has 8 heteroatoms. The number of hydrogen-bond acceptors (Lipinski definition) is 8. The Kier molecular flexibility index (Phi) is 18.2. The zero-order valence-corrected chi connectivity index (χ0v) is 15.1. The van der Waals surface area contributed by atoms with Gasteiger partial charge in [-0.25, -0.2) is 0 Å². The lowest BCUT2D eigenvalue weighted by molar-refractivity contribution is -0.144. The summed E-state index contributed by atoms with van der Waals surface area (Å²) < 4.78 is 10.1. The number of hydrogen-bond donors (Lipinski definition) is 4. The van der Waals surface area contributed by atoms with Crippen molar-refractivity contribution in [1.29, 1.82) is 0 Å². The predicted octanol–water partition coefficient (Wildman–Crippen LogP) is -0.0327. The molecule has 0 fully saturated rings. The molecule has 0 aliphatic carbocycles. The summed E-state index contributed by atoms with van der Waals surface area (Å²) in [7, 11) is 0. The van der Waals surface area contributed by atoms with Gasteiger partial charge in [-0.15, -0.1) is 0 Å². The van der Waals surface area contributed by atoms with Crippen molar-refractivity contribution < 1.29 is 29.3 Å². The number of ether oxygens (including phenoxy) is 2. The molecule has 0 rings (SSSR count). The Morgan fingerprint density at radius 1 is 0.640 bits per heavy atom. The van der Waals surface area contributed by atoms with Gasteiger partial charge in [0.25, 0.3) is 0 Å². The van der Waals surface area contributed by atoms with Gasteiger partial charge in [-0.3, -0.25) is 9.59 Å². The van der Waals surface area contributed by atoms with E-state index in [4.69, 9.17) is 19.7 Å². The largest absolute Gasteiger partial charge is 0.464 e. The van der Waals surface area contributed by atoms with Crippen molar-refractivity contribution in [1.82, 2.24) is 10.6 Å². The topological polar surface area (TPSA) is 117 Å². The highest BCUT2D eigenvalue weighted by Crippen LogP contribution is 2.08. The van der Waals surface area contributed by atoms with E-state index < -0.39 is 0 Å². The lowest BCUT2D eigenvalue weighted by Gasteiger charge is -2.06. The number of aliphatic hydroxyl groups is 2. The molecule has 0 aromatic carbocycles. The maximum atomic E-state index is 11.4. The van der Waals surface area contributed by atoms with Crippen LogP contribution in [-0.2, 0) is 19.1 Å². The van der Waals surface area contributed by atoms with Gasteiger partial charge < -0.3 is 30.3 Å². The van der Waals surface area contributed by atoms with Crippen LogP contribution in [0.25, 0.3) is 0 Å². The van der Waals surface area contributed by atoms with E-state index in [0.717, 1.165) is 32.1 Å². The van der Waals surface area contributed by atoms with Gasteiger partial charge in [-0.1, -0.05) is 19.3 Å². The molecule has 8 nitrogen and oxygen atoms in total. The molecule has 4 N–H and O–H groups in total. The molecule has 0 amide bonds. The quantitative estimate of drug-likeness (QED) is 0.198. The number of nitrogens with one attached hydrogen (secondary N) is 2. The summed E-state index contributed by atoms with van der Waals surface area (Å²) in [5.41, 5.74) is 0. The number of carbonyl (C=O) groups excluding carboxylic acids is 2. The highest BCUT2D eigenvalue weighted by molar-refractivity contribution is 5.69. The highest BCUT2D eigenvalue weighted by Gasteiger charge is 2.04. The molecule has 25 heavy (non-hydrogen) atoms. The van der Waals surface area contributed by atoms with E-state index >= 15 is 0 Å². The third-order valence-corrected chi connectivity index (χ3v) is 3.42. The first kappa shape index (κ1) is 23.8. The molecule has 0 heterocycles. The Labute approximate surface area is 150 Å². The average molecular weight is 362 g/mol. The van der Waals surface area contributed by atoms with E-state index in [2.05, 4.69) is 10.6 Å². The van der Waals surface area contributed by atoms with Gasteiger partial charge >= 0.3 is 11.9 Å². The summed E-state index contributed by atoms with van der Waals surface area (Å²) in [6.45, 7) is 2.94. The zero-order valence-electron chi connectivity index (χ0n) is 15.1. The van der Waals surface area contributed by atoms with Crippen LogP contribution in [0.2, 0.25) is 0 Å². The standard InChI is InChI=1S/C17H34N2O6/c20-12-8-18-10-14-24-16(22)6-4-2-1-3-5-7-17(23)25-15-11-19-9-13-21/h18-21H,1-15H2. The van der Waals surface area contributed by atoms with Gasteiger partial charge in [0.05, 0.1) is 13.2 Å². The second kappa shape index (κ2) is 19.1.